The molecule has 0 aliphatic carbocycles. The Balaban J connectivity index is 2.38. The number of hydrogen-bond donors (Lipinski definition) is 5. The Kier molecular flexibility index (Phi) is 5.48. The molecule has 20 heteroatoms. The van der Waals surface area contributed by atoms with Crippen LogP contribution in [0.25, 0.3) is 10.9 Å². The Morgan fingerprint density at radius 2 is 1.33 bits per heavy atom. The third kappa shape index (κ3) is 3.88. The average Bonchev–Trinajstić information content (AvgIpc) is 3.19. The number of fused-ring (bicyclic) bond motifs is 2. The molecular formula is C16H10N2O14S4. The number of rotatable bonds is 5. The quantitative estimate of drug-likeness (QED) is 0.249. The second-order valence-corrected chi connectivity index (χ2v) is 12.5. The van der Waals surface area contributed by atoms with Gasteiger partial charge < -0.3 is 5.11 Å². The number of carbonyl (C=O) groups is 1. The molecule has 2 aromatic carbocycles. The van der Waals surface area contributed by atoms with Crippen molar-refractivity contribution in [2.24, 2.45) is 4.99 Å². The summed E-state index contributed by atoms with van der Waals surface area (Å²) in [5.41, 5.74) is -3.72. The molecular weight excluding hydrogens is 572 g/mol. The van der Waals surface area contributed by atoms with Crippen LogP contribution in [-0.2, 0) is 40.7 Å². The van der Waals surface area contributed by atoms with Crippen molar-refractivity contribution in [1.29, 1.82) is 0 Å². The number of aliphatic imine (C=N–C) groups is 1. The molecule has 0 amide bonds. The van der Waals surface area contributed by atoms with E-state index in [4.69, 9.17) is 0 Å². The minimum atomic E-state index is -5.98. The molecule has 4 rings (SSSR count). The lowest BCUT2D eigenvalue weighted by molar-refractivity contribution is 0.106. The Bertz CT molecular complexity index is 2000. The molecule has 0 unspecified atom stereocenters. The van der Waals surface area contributed by atoms with Crippen molar-refractivity contribution in [2.45, 2.75) is 14.7 Å². The van der Waals surface area contributed by atoms with E-state index in [0.717, 1.165) is 0 Å². The van der Waals surface area contributed by atoms with Crippen LogP contribution in [-0.4, -0.2) is 72.5 Å². The Hall–Kier alpha value is -3.24. The molecule has 0 atom stereocenters. The highest BCUT2D eigenvalue weighted by atomic mass is 32.2. The monoisotopic (exact) mass is 582 g/mol. The van der Waals surface area contributed by atoms with E-state index in [-0.39, 0.29) is 21.3 Å². The van der Waals surface area contributed by atoms with Gasteiger partial charge in [0.25, 0.3) is 30.4 Å². The second-order valence-electron chi connectivity index (χ2n) is 7.10. The van der Waals surface area contributed by atoms with E-state index in [2.05, 4.69) is 4.99 Å². The first-order valence-corrected chi connectivity index (χ1v) is 14.6. The summed E-state index contributed by atoms with van der Waals surface area (Å²) in [7, 11) is -23.5. The molecule has 0 radical (unpaired) electrons. The highest BCUT2D eigenvalue weighted by Crippen LogP contribution is 2.45. The van der Waals surface area contributed by atoms with Gasteiger partial charge in [0.05, 0.1) is 16.6 Å². The van der Waals surface area contributed by atoms with Gasteiger partial charge in [-0.05, 0) is 18.2 Å². The summed E-state index contributed by atoms with van der Waals surface area (Å²) in [6.45, 7) is 0. The third-order valence-corrected chi connectivity index (χ3v) is 8.75. The topological polar surface area (TPSA) is 272 Å². The van der Waals surface area contributed by atoms with E-state index in [1.807, 2.05) is 0 Å². The molecule has 5 N–H and O–H groups in total. The fraction of sp³-hybridized carbons (Fsp3) is 0. The largest absolute Gasteiger partial charge is 0.505 e. The highest BCUT2D eigenvalue weighted by Gasteiger charge is 2.42. The van der Waals surface area contributed by atoms with Crippen molar-refractivity contribution in [1.82, 2.24) is 3.97 Å². The Morgan fingerprint density at radius 1 is 0.778 bits per heavy atom. The summed E-state index contributed by atoms with van der Waals surface area (Å²) in [6, 6.07) is 5.30. The van der Waals surface area contributed by atoms with Gasteiger partial charge in [0.1, 0.15) is 26.1 Å². The van der Waals surface area contributed by atoms with Gasteiger partial charge in [-0.15, -0.1) is 0 Å². The van der Waals surface area contributed by atoms with Crippen LogP contribution in [0.1, 0.15) is 16.1 Å². The molecule has 0 saturated heterocycles. The number of aromatic nitrogens is 1. The Morgan fingerprint density at radius 3 is 1.81 bits per heavy atom. The maximum Gasteiger partial charge on any atom is 0.364 e. The number of nitrogens with zero attached hydrogens (tertiary/aromatic N) is 2. The second kappa shape index (κ2) is 7.63. The van der Waals surface area contributed by atoms with E-state index < -0.39 is 89.2 Å². The molecule has 0 fully saturated rings. The molecule has 2 heterocycles. The van der Waals surface area contributed by atoms with Crippen LogP contribution in [0.15, 0.2) is 50.0 Å². The van der Waals surface area contributed by atoms with Crippen LogP contribution in [0.2, 0.25) is 0 Å². The van der Waals surface area contributed by atoms with Gasteiger partial charge in [-0.1, -0.05) is 12.1 Å². The zero-order valence-corrected chi connectivity index (χ0v) is 20.1. The number of ketones is 1. The molecule has 0 saturated carbocycles. The normalized spacial score (nSPS) is 14.8. The van der Waals surface area contributed by atoms with Crippen molar-refractivity contribution in [2.75, 3.05) is 0 Å². The predicted molar refractivity (Wildman–Crippen MR) is 117 cm³/mol. The van der Waals surface area contributed by atoms with Gasteiger partial charge in [0.2, 0.25) is 5.78 Å². The van der Waals surface area contributed by atoms with Gasteiger partial charge in [0.15, 0.2) is 5.75 Å². The molecule has 1 aromatic heterocycles. The molecule has 192 valence electrons. The van der Waals surface area contributed by atoms with Crippen molar-refractivity contribution < 1.29 is 61.8 Å². The van der Waals surface area contributed by atoms with Crippen LogP contribution in [0.4, 0.5) is 5.69 Å². The fourth-order valence-corrected chi connectivity index (χ4v) is 7.85. The van der Waals surface area contributed by atoms with Crippen LogP contribution >= 0.6 is 0 Å². The summed E-state index contributed by atoms with van der Waals surface area (Å²) in [5.74, 6) is -2.64. The zero-order valence-electron chi connectivity index (χ0n) is 16.8. The number of hydrogen-bond acceptors (Lipinski definition) is 11. The van der Waals surface area contributed by atoms with Crippen LogP contribution in [0.3, 0.4) is 0 Å². The van der Waals surface area contributed by atoms with Gasteiger partial charge >= 0.3 is 10.3 Å². The summed E-state index contributed by atoms with van der Waals surface area (Å²) >= 11 is 0. The highest BCUT2D eigenvalue weighted by molar-refractivity contribution is 7.90. The molecule has 1 aliphatic heterocycles. The maximum absolute atomic E-state index is 12.9. The molecule has 0 bridgehead atoms. The van der Waals surface area contributed by atoms with Gasteiger partial charge in [-0.25, -0.2) is 8.96 Å². The molecule has 3 aromatic rings. The first kappa shape index (κ1) is 25.8. The number of Topliss-reactive ketones (excluding diaryl/α,β-unsaturated/α-hetero) is 1. The van der Waals surface area contributed by atoms with E-state index in [1.165, 1.54) is 24.3 Å². The lowest BCUT2D eigenvalue weighted by Crippen LogP contribution is -2.21. The first-order valence-electron chi connectivity index (χ1n) is 8.84. The van der Waals surface area contributed by atoms with Gasteiger partial charge in [-0.2, -0.15) is 33.7 Å². The molecule has 16 nitrogen and oxygen atoms in total. The minimum Gasteiger partial charge on any atom is -0.505 e. The first-order chi connectivity index (χ1) is 16.3. The molecule has 1 aliphatic rings. The number of para-hydroxylation sites is 1. The fourth-order valence-electron chi connectivity index (χ4n) is 3.68. The van der Waals surface area contributed by atoms with E-state index in [9.17, 15) is 61.8 Å². The minimum absolute atomic E-state index is 0.0351. The number of carbonyl (C=O) groups excluding carboxylic acids is 1. The molecule has 0 spiro atoms. The van der Waals surface area contributed by atoms with E-state index in [0.29, 0.717) is 0 Å². The Labute approximate surface area is 201 Å². The summed E-state index contributed by atoms with van der Waals surface area (Å²) in [5, 5.41) is 9.36. The van der Waals surface area contributed by atoms with E-state index in [1.54, 1.807) is 0 Å². The summed E-state index contributed by atoms with van der Waals surface area (Å²) < 4.78 is 135. The average molecular weight is 583 g/mol. The van der Waals surface area contributed by atoms with E-state index >= 15 is 0 Å². The lowest BCUT2D eigenvalue weighted by atomic mass is 10.1. The zero-order chi connectivity index (χ0) is 27.2. The molecule has 36 heavy (non-hydrogen) atoms. The van der Waals surface area contributed by atoms with Crippen molar-refractivity contribution >= 4 is 68.7 Å². The van der Waals surface area contributed by atoms with Crippen molar-refractivity contribution in [3.05, 3.63) is 41.6 Å². The smallest absolute Gasteiger partial charge is 0.364 e. The third-order valence-electron chi connectivity index (χ3n) is 4.91. The maximum atomic E-state index is 12.9. The standard InChI is InChI=1S/C16H10N2O14S4/c19-13-6-3-1-2-4-7(6)17-11(13)12-14(20)10-8(18(12)36(30,31)32)5-9(33(21,22)23)15(34(24,25)26)16(10)35(27,28)29/h1-5,20H,(H,21,22,23)(H,24,25,26)(H,27,28,29)(H,30,31,32). The van der Waals surface area contributed by atoms with Crippen molar-refractivity contribution in [3.63, 3.8) is 0 Å². The SMILES string of the molecule is O=C1C(c2c(O)c3c(S(=O)(=O)O)c(S(=O)(=O)O)c(S(=O)(=O)O)cc3n2S(=O)(=O)O)=Nc2ccccc21. The number of aromatic hydroxyl groups is 1. The summed E-state index contributed by atoms with van der Waals surface area (Å²) in [6.07, 6.45) is 0. The number of benzene rings is 2. The lowest BCUT2D eigenvalue weighted by Gasteiger charge is -2.11. The summed E-state index contributed by atoms with van der Waals surface area (Å²) in [4.78, 5) is 10.5. The van der Waals surface area contributed by atoms with Crippen LogP contribution in [0, 0.1) is 0 Å². The van der Waals surface area contributed by atoms with Crippen LogP contribution < -0.4 is 0 Å². The predicted octanol–water partition coefficient (Wildman–Crippen LogP) is 0.0550. The van der Waals surface area contributed by atoms with Crippen LogP contribution in [0.5, 0.6) is 5.75 Å². The van der Waals surface area contributed by atoms with Gasteiger partial charge in [0, 0.05) is 5.56 Å². The van der Waals surface area contributed by atoms with Gasteiger partial charge in [-0.3, -0.25) is 23.0 Å². The van der Waals surface area contributed by atoms with Crippen molar-refractivity contribution in [3.8, 4) is 5.75 Å².